The van der Waals surface area contributed by atoms with Gasteiger partial charge in [0.05, 0.1) is 6.10 Å². The Bertz CT molecular complexity index is 400. The quantitative estimate of drug-likeness (QED) is 0.856. The summed E-state index contributed by atoms with van der Waals surface area (Å²) in [6.07, 6.45) is 6.42. The minimum atomic E-state index is -0.301. The molecule has 3 rings (SSSR count). The molecule has 0 radical (unpaired) electrons. The second-order valence-electron chi connectivity index (χ2n) is 5.81. The van der Waals surface area contributed by atoms with Crippen molar-refractivity contribution < 1.29 is 9.84 Å². The van der Waals surface area contributed by atoms with E-state index in [1.807, 2.05) is 12.1 Å². The summed E-state index contributed by atoms with van der Waals surface area (Å²) in [6.45, 7) is 0.941. The first-order valence-corrected chi connectivity index (χ1v) is 7.48. The van der Waals surface area contributed by atoms with Crippen molar-refractivity contribution in [1.29, 1.82) is 0 Å². The van der Waals surface area contributed by atoms with Gasteiger partial charge in [0.15, 0.2) is 0 Å². The highest BCUT2D eigenvalue weighted by molar-refractivity contribution is 5.27. The van der Waals surface area contributed by atoms with Gasteiger partial charge in [-0.05, 0) is 49.8 Å². The van der Waals surface area contributed by atoms with Crippen LogP contribution >= 0.6 is 0 Å². The highest BCUT2D eigenvalue weighted by Gasteiger charge is 2.24. The Labute approximate surface area is 115 Å². The molecule has 2 saturated carbocycles. The molecule has 0 aromatic heterocycles. The predicted molar refractivity (Wildman–Crippen MR) is 75.2 cm³/mol. The van der Waals surface area contributed by atoms with Crippen molar-refractivity contribution in [3.8, 4) is 5.75 Å². The molecule has 104 valence electrons. The van der Waals surface area contributed by atoms with Crippen molar-refractivity contribution in [2.75, 3.05) is 0 Å². The van der Waals surface area contributed by atoms with Gasteiger partial charge in [-0.15, -0.1) is 0 Å². The first-order chi connectivity index (χ1) is 9.31. The number of benzene rings is 1. The van der Waals surface area contributed by atoms with Gasteiger partial charge in [-0.3, -0.25) is 0 Å². The molecule has 2 aliphatic rings. The van der Waals surface area contributed by atoms with Crippen LogP contribution < -0.4 is 10.1 Å². The number of aliphatic hydroxyl groups excluding tert-OH is 1. The molecular formula is C16H23NO2. The summed E-state index contributed by atoms with van der Waals surface area (Å²) >= 11 is 0. The van der Waals surface area contributed by atoms with Crippen molar-refractivity contribution in [3.63, 3.8) is 0 Å². The molecule has 0 bridgehead atoms. The summed E-state index contributed by atoms with van der Waals surface area (Å²) in [4.78, 5) is 0. The summed E-state index contributed by atoms with van der Waals surface area (Å²) in [5.41, 5.74) is 1.29. The third kappa shape index (κ3) is 3.71. The van der Waals surface area contributed by atoms with Crippen LogP contribution in [-0.2, 0) is 6.54 Å². The fourth-order valence-electron chi connectivity index (χ4n) is 2.63. The number of nitrogens with one attached hydrogen (secondary N) is 1. The Balaban J connectivity index is 1.52. The third-order valence-electron chi connectivity index (χ3n) is 4.05. The molecule has 3 nitrogen and oxygen atoms in total. The van der Waals surface area contributed by atoms with E-state index in [2.05, 4.69) is 17.4 Å². The molecule has 2 N–H and O–H groups in total. The van der Waals surface area contributed by atoms with Crippen LogP contribution in [0.25, 0.3) is 0 Å². The van der Waals surface area contributed by atoms with Gasteiger partial charge in [0.2, 0.25) is 0 Å². The summed E-state index contributed by atoms with van der Waals surface area (Å²) < 4.78 is 5.89. The maximum absolute atomic E-state index is 9.90. The van der Waals surface area contributed by atoms with Crippen molar-refractivity contribution in [1.82, 2.24) is 5.32 Å². The van der Waals surface area contributed by atoms with Crippen LogP contribution in [0.1, 0.15) is 44.1 Å². The lowest BCUT2D eigenvalue weighted by molar-refractivity contribution is 0.00687. The monoisotopic (exact) mass is 261 g/mol. The van der Waals surface area contributed by atoms with E-state index in [0.29, 0.717) is 0 Å². The minimum Gasteiger partial charge on any atom is -0.488 e. The Morgan fingerprint density at radius 3 is 2.47 bits per heavy atom. The highest BCUT2D eigenvalue weighted by atomic mass is 16.5. The second-order valence-corrected chi connectivity index (χ2v) is 5.81. The molecule has 0 amide bonds. The van der Waals surface area contributed by atoms with Crippen LogP contribution in [0.4, 0.5) is 0 Å². The predicted octanol–water partition coefficient (Wildman–Crippen LogP) is 2.62. The minimum absolute atomic E-state index is 0.0239. The molecule has 2 atom stereocenters. The zero-order valence-electron chi connectivity index (χ0n) is 11.3. The second kappa shape index (κ2) is 5.93. The van der Waals surface area contributed by atoms with Crippen molar-refractivity contribution in [3.05, 3.63) is 29.8 Å². The summed E-state index contributed by atoms with van der Waals surface area (Å²) in [5.74, 6) is 0.876. The lowest BCUT2D eigenvalue weighted by Crippen LogP contribution is -2.34. The lowest BCUT2D eigenvalue weighted by Gasteiger charge is -2.28. The molecule has 2 aliphatic carbocycles. The topological polar surface area (TPSA) is 41.5 Å². The van der Waals surface area contributed by atoms with Crippen LogP contribution in [0, 0.1) is 0 Å². The van der Waals surface area contributed by atoms with Crippen molar-refractivity contribution >= 4 is 0 Å². The number of aliphatic hydroxyl groups is 1. The molecule has 19 heavy (non-hydrogen) atoms. The zero-order chi connectivity index (χ0) is 13.1. The molecule has 0 spiro atoms. The first-order valence-electron chi connectivity index (χ1n) is 7.48. The molecule has 1 aromatic carbocycles. The lowest BCUT2D eigenvalue weighted by atomic mass is 9.95. The van der Waals surface area contributed by atoms with Crippen LogP contribution in [0.15, 0.2) is 24.3 Å². The molecule has 0 heterocycles. The van der Waals surface area contributed by atoms with E-state index in [0.717, 1.165) is 44.0 Å². The van der Waals surface area contributed by atoms with Gasteiger partial charge in [0.25, 0.3) is 0 Å². The smallest absolute Gasteiger partial charge is 0.124 e. The van der Waals surface area contributed by atoms with Gasteiger partial charge in [-0.2, -0.15) is 0 Å². The molecular weight excluding hydrogens is 238 g/mol. The molecule has 3 heteroatoms. The normalized spacial score (nSPS) is 27.2. The van der Waals surface area contributed by atoms with Crippen LogP contribution in [0.5, 0.6) is 5.75 Å². The maximum Gasteiger partial charge on any atom is 0.124 e. The van der Waals surface area contributed by atoms with Gasteiger partial charge in [0, 0.05) is 12.6 Å². The Hall–Kier alpha value is -1.06. The van der Waals surface area contributed by atoms with Gasteiger partial charge in [-0.1, -0.05) is 18.6 Å². The fraction of sp³-hybridized carbons (Fsp3) is 0.625. The van der Waals surface area contributed by atoms with E-state index in [1.165, 1.54) is 18.4 Å². The SMILES string of the molecule is OC1CCCCC1Oc1ccc(CNC2CC2)cc1. The number of rotatable bonds is 5. The number of hydrogen-bond acceptors (Lipinski definition) is 3. The molecule has 1 aromatic rings. The molecule has 0 saturated heterocycles. The van der Waals surface area contributed by atoms with Crippen molar-refractivity contribution in [2.45, 2.75) is 63.3 Å². The maximum atomic E-state index is 9.90. The van der Waals surface area contributed by atoms with Gasteiger partial charge in [-0.25, -0.2) is 0 Å². The van der Waals surface area contributed by atoms with E-state index in [1.54, 1.807) is 0 Å². The zero-order valence-corrected chi connectivity index (χ0v) is 11.3. The van der Waals surface area contributed by atoms with E-state index >= 15 is 0 Å². The third-order valence-corrected chi connectivity index (χ3v) is 4.05. The van der Waals surface area contributed by atoms with Gasteiger partial charge in [0.1, 0.15) is 11.9 Å². The van der Waals surface area contributed by atoms with E-state index < -0.39 is 0 Å². The Morgan fingerprint density at radius 2 is 1.79 bits per heavy atom. The van der Waals surface area contributed by atoms with E-state index in [9.17, 15) is 5.11 Å². The average molecular weight is 261 g/mol. The Kier molecular flexibility index (Phi) is 4.04. The standard InChI is InChI=1S/C16H23NO2/c18-15-3-1-2-4-16(15)19-14-9-5-12(6-10-14)11-17-13-7-8-13/h5-6,9-10,13,15-18H,1-4,7-8,11H2. The largest absolute Gasteiger partial charge is 0.488 e. The van der Waals surface area contributed by atoms with E-state index in [-0.39, 0.29) is 12.2 Å². The van der Waals surface area contributed by atoms with Crippen LogP contribution in [0.3, 0.4) is 0 Å². The Morgan fingerprint density at radius 1 is 1.05 bits per heavy atom. The number of ether oxygens (including phenoxy) is 1. The summed E-state index contributed by atoms with van der Waals surface area (Å²) in [7, 11) is 0. The van der Waals surface area contributed by atoms with Crippen LogP contribution in [-0.4, -0.2) is 23.4 Å². The summed E-state index contributed by atoms with van der Waals surface area (Å²) in [5, 5.41) is 13.4. The summed E-state index contributed by atoms with van der Waals surface area (Å²) in [6, 6.07) is 9.00. The van der Waals surface area contributed by atoms with Crippen molar-refractivity contribution in [2.24, 2.45) is 0 Å². The first kappa shape index (κ1) is 12.9. The highest BCUT2D eigenvalue weighted by Crippen LogP contribution is 2.24. The average Bonchev–Trinajstić information content (AvgIpc) is 3.25. The van der Waals surface area contributed by atoms with Gasteiger partial charge >= 0.3 is 0 Å². The van der Waals surface area contributed by atoms with E-state index in [4.69, 9.17) is 4.74 Å². The van der Waals surface area contributed by atoms with Crippen LogP contribution in [0.2, 0.25) is 0 Å². The molecule has 2 unspecified atom stereocenters. The molecule has 0 aliphatic heterocycles. The molecule has 2 fully saturated rings. The van der Waals surface area contributed by atoms with Gasteiger partial charge < -0.3 is 15.2 Å². The fourth-order valence-corrected chi connectivity index (χ4v) is 2.63. The number of hydrogen-bond donors (Lipinski definition) is 2.